The molecule has 1 unspecified atom stereocenters. The third-order valence-electron chi connectivity index (χ3n) is 3.46. The highest BCUT2D eigenvalue weighted by Crippen LogP contribution is 2.35. The molecule has 0 bridgehead atoms. The van der Waals surface area contributed by atoms with Gasteiger partial charge in [-0.15, -0.1) is 0 Å². The zero-order valence-electron chi connectivity index (χ0n) is 8.98. The van der Waals surface area contributed by atoms with E-state index in [0.717, 1.165) is 11.8 Å². The van der Waals surface area contributed by atoms with Gasteiger partial charge in [0.15, 0.2) is 0 Å². The van der Waals surface area contributed by atoms with E-state index in [4.69, 9.17) is 0 Å². The first-order valence-electron chi connectivity index (χ1n) is 5.22. The zero-order valence-corrected chi connectivity index (χ0v) is 8.98. The quantitative estimate of drug-likeness (QED) is 0.636. The maximum absolute atomic E-state index is 3.42. The van der Waals surface area contributed by atoms with Gasteiger partial charge < -0.3 is 5.32 Å². The van der Waals surface area contributed by atoms with Gasteiger partial charge in [-0.1, -0.05) is 27.7 Å². The lowest BCUT2D eigenvalue weighted by Crippen LogP contribution is -2.35. The van der Waals surface area contributed by atoms with E-state index in [1.807, 2.05) is 0 Å². The molecule has 0 aromatic carbocycles. The summed E-state index contributed by atoms with van der Waals surface area (Å²) in [5, 5.41) is 3.42. The van der Waals surface area contributed by atoms with Crippen LogP contribution < -0.4 is 5.32 Å². The van der Waals surface area contributed by atoms with Crippen LogP contribution in [0, 0.1) is 17.3 Å². The second-order valence-corrected chi connectivity index (χ2v) is 5.24. The summed E-state index contributed by atoms with van der Waals surface area (Å²) in [5.41, 5.74) is 0.488. The summed E-state index contributed by atoms with van der Waals surface area (Å²) in [4.78, 5) is 0. The van der Waals surface area contributed by atoms with Crippen LogP contribution in [0.25, 0.3) is 0 Å². The Morgan fingerprint density at radius 1 is 1.17 bits per heavy atom. The van der Waals surface area contributed by atoms with Gasteiger partial charge in [0.2, 0.25) is 0 Å². The fourth-order valence-corrected chi connectivity index (χ4v) is 2.05. The molecule has 72 valence electrons. The number of hydrogen-bond donors (Lipinski definition) is 1. The number of rotatable bonds is 1. The van der Waals surface area contributed by atoms with E-state index in [1.165, 1.54) is 25.9 Å². The number of nitrogens with one attached hydrogen (secondary N) is 1. The Balaban J connectivity index is 2.45. The van der Waals surface area contributed by atoms with Crippen LogP contribution in [0.15, 0.2) is 0 Å². The molecule has 0 amide bonds. The Labute approximate surface area is 76.9 Å². The van der Waals surface area contributed by atoms with Crippen molar-refractivity contribution >= 4 is 0 Å². The summed E-state index contributed by atoms with van der Waals surface area (Å²) in [6.45, 7) is 11.9. The Kier molecular flexibility index (Phi) is 3.16. The van der Waals surface area contributed by atoms with E-state index >= 15 is 0 Å². The molecule has 0 aliphatic carbocycles. The van der Waals surface area contributed by atoms with Crippen molar-refractivity contribution in [3.63, 3.8) is 0 Å². The highest BCUT2D eigenvalue weighted by atomic mass is 14.9. The molecule has 0 aromatic rings. The monoisotopic (exact) mass is 169 g/mol. The fourth-order valence-electron chi connectivity index (χ4n) is 2.05. The molecular formula is C11H23N. The molecule has 1 aliphatic heterocycles. The van der Waals surface area contributed by atoms with Crippen LogP contribution in [0.5, 0.6) is 0 Å². The topological polar surface area (TPSA) is 12.0 Å². The van der Waals surface area contributed by atoms with Crippen molar-refractivity contribution in [2.24, 2.45) is 17.3 Å². The Bertz CT molecular complexity index is 128. The predicted molar refractivity (Wildman–Crippen MR) is 54.2 cm³/mol. The Morgan fingerprint density at radius 3 is 2.08 bits per heavy atom. The van der Waals surface area contributed by atoms with Gasteiger partial charge in [-0.05, 0) is 43.2 Å². The summed E-state index contributed by atoms with van der Waals surface area (Å²) in [6.07, 6.45) is 2.75. The van der Waals surface area contributed by atoms with Crippen molar-refractivity contribution in [3.8, 4) is 0 Å². The van der Waals surface area contributed by atoms with Crippen LogP contribution in [-0.4, -0.2) is 13.1 Å². The smallest absolute Gasteiger partial charge is 0.00462 e. The minimum atomic E-state index is 0.488. The van der Waals surface area contributed by atoms with E-state index in [0.29, 0.717) is 5.41 Å². The fraction of sp³-hybridized carbons (Fsp3) is 1.00. The SMILES string of the molecule is CC(C1CCNCC1)C(C)(C)C. The van der Waals surface area contributed by atoms with Crippen LogP contribution in [0.1, 0.15) is 40.5 Å². The van der Waals surface area contributed by atoms with Crippen molar-refractivity contribution in [3.05, 3.63) is 0 Å². The Morgan fingerprint density at radius 2 is 1.67 bits per heavy atom. The van der Waals surface area contributed by atoms with Gasteiger partial charge in [-0.2, -0.15) is 0 Å². The molecule has 1 fully saturated rings. The molecule has 0 saturated carbocycles. The summed E-state index contributed by atoms with van der Waals surface area (Å²) < 4.78 is 0. The summed E-state index contributed by atoms with van der Waals surface area (Å²) in [7, 11) is 0. The molecule has 1 N–H and O–H groups in total. The summed E-state index contributed by atoms with van der Waals surface area (Å²) >= 11 is 0. The van der Waals surface area contributed by atoms with Crippen molar-refractivity contribution < 1.29 is 0 Å². The first-order valence-corrected chi connectivity index (χ1v) is 5.22. The third-order valence-corrected chi connectivity index (χ3v) is 3.46. The molecule has 1 aliphatic rings. The maximum atomic E-state index is 3.42. The van der Waals surface area contributed by atoms with Gasteiger partial charge in [-0.25, -0.2) is 0 Å². The molecule has 0 spiro atoms. The molecule has 1 saturated heterocycles. The predicted octanol–water partition coefficient (Wildman–Crippen LogP) is 2.67. The summed E-state index contributed by atoms with van der Waals surface area (Å²) in [6, 6.07) is 0. The molecular weight excluding hydrogens is 146 g/mol. The van der Waals surface area contributed by atoms with Crippen molar-refractivity contribution in [2.75, 3.05) is 13.1 Å². The van der Waals surface area contributed by atoms with Gasteiger partial charge in [0, 0.05) is 0 Å². The average Bonchev–Trinajstić information content (AvgIpc) is 2.03. The van der Waals surface area contributed by atoms with Crippen LogP contribution in [0.3, 0.4) is 0 Å². The normalized spacial score (nSPS) is 24.0. The minimum absolute atomic E-state index is 0.488. The molecule has 0 aromatic heterocycles. The Hall–Kier alpha value is -0.0400. The lowest BCUT2D eigenvalue weighted by atomic mass is 9.71. The molecule has 12 heavy (non-hydrogen) atoms. The number of hydrogen-bond acceptors (Lipinski definition) is 1. The molecule has 1 heterocycles. The number of piperidine rings is 1. The first-order chi connectivity index (χ1) is 5.52. The first kappa shape index (κ1) is 10.0. The molecule has 1 nitrogen and oxygen atoms in total. The minimum Gasteiger partial charge on any atom is -0.317 e. The largest absolute Gasteiger partial charge is 0.317 e. The lowest BCUT2D eigenvalue weighted by Gasteiger charge is -2.36. The van der Waals surface area contributed by atoms with Gasteiger partial charge in [0.1, 0.15) is 0 Å². The maximum Gasteiger partial charge on any atom is -0.00462 e. The molecule has 0 radical (unpaired) electrons. The van der Waals surface area contributed by atoms with E-state index in [9.17, 15) is 0 Å². The van der Waals surface area contributed by atoms with Gasteiger partial charge in [0.25, 0.3) is 0 Å². The van der Waals surface area contributed by atoms with Crippen LogP contribution in [0.4, 0.5) is 0 Å². The molecule has 1 atom stereocenters. The van der Waals surface area contributed by atoms with Crippen molar-refractivity contribution in [2.45, 2.75) is 40.5 Å². The third kappa shape index (κ3) is 2.48. The van der Waals surface area contributed by atoms with E-state index < -0.39 is 0 Å². The zero-order chi connectivity index (χ0) is 9.19. The van der Waals surface area contributed by atoms with Crippen LogP contribution >= 0.6 is 0 Å². The van der Waals surface area contributed by atoms with E-state index in [-0.39, 0.29) is 0 Å². The molecule has 1 rings (SSSR count). The van der Waals surface area contributed by atoms with Crippen LogP contribution in [0.2, 0.25) is 0 Å². The highest BCUT2D eigenvalue weighted by molar-refractivity contribution is 4.80. The second-order valence-electron chi connectivity index (χ2n) is 5.24. The van der Waals surface area contributed by atoms with Gasteiger partial charge in [0.05, 0.1) is 0 Å². The van der Waals surface area contributed by atoms with E-state index in [2.05, 4.69) is 33.0 Å². The van der Waals surface area contributed by atoms with Gasteiger partial charge >= 0.3 is 0 Å². The summed E-state index contributed by atoms with van der Waals surface area (Å²) in [5.74, 6) is 1.81. The van der Waals surface area contributed by atoms with Crippen molar-refractivity contribution in [1.82, 2.24) is 5.32 Å². The van der Waals surface area contributed by atoms with E-state index in [1.54, 1.807) is 0 Å². The highest BCUT2D eigenvalue weighted by Gasteiger charge is 2.28. The lowest BCUT2D eigenvalue weighted by molar-refractivity contribution is 0.147. The molecule has 1 heteroatoms. The van der Waals surface area contributed by atoms with Crippen molar-refractivity contribution in [1.29, 1.82) is 0 Å². The second kappa shape index (κ2) is 3.78. The standard InChI is InChI=1S/C11H23N/c1-9(11(2,3)4)10-5-7-12-8-6-10/h9-10,12H,5-8H2,1-4H3. The van der Waals surface area contributed by atoms with Gasteiger partial charge in [-0.3, -0.25) is 0 Å². The van der Waals surface area contributed by atoms with Crippen LogP contribution in [-0.2, 0) is 0 Å². The average molecular weight is 169 g/mol.